The van der Waals surface area contributed by atoms with Crippen LogP contribution in [0.3, 0.4) is 0 Å². The standard InChI is InChI=1S/C17H16FNO2/c18-14-6-3-7-15(16(14)17(20)21)19-10-8-12-4-1-2-5-13(12)9-11-19/h1-7H,8-11H2,(H,20,21). The lowest BCUT2D eigenvalue weighted by Crippen LogP contribution is -2.28. The Kier molecular flexibility index (Phi) is 3.60. The monoisotopic (exact) mass is 285 g/mol. The van der Waals surface area contributed by atoms with Crippen LogP contribution < -0.4 is 4.90 Å². The van der Waals surface area contributed by atoms with Crippen LogP contribution in [0.2, 0.25) is 0 Å². The molecule has 2 aromatic carbocycles. The molecule has 0 saturated carbocycles. The van der Waals surface area contributed by atoms with Crippen molar-refractivity contribution in [3.05, 3.63) is 65.0 Å². The summed E-state index contributed by atoms with van der Waals surface area (Å²) < 4.78 is 13.8. The van der Waals surface area contributed by atoms with Crippen LogP contribution in [-0.2, 0) is 12.8 Å². The van der Waals surface area contributed by atoms with E-state index < -0.39 is 11.8 Å². The van der Waals surface area contributed by atoms with Gasteiger partial charge in [-0.1, -0.05) is 30.3 Å². The van der Waals surface area contributed by atoms with Gasteiger partial charge >= 0.3 is 5.97 Å². The second kappa shape index (κ2) is 5.56. The van der Waals surface area contributed by atoms with Gasteiger partial charge in [0.25, 0.3) is 0 Å². The van der Waals surface area contributed by atoms with Crippen molar-refractivity contribution in [2.24, 2.45) is 0 Å². The molecule has 0 fully saturated rings. The molecule has 1 aliphatic heterocycles. The summed E-state index contributed by atoms with van der Waals surface area (Å²) in [6.45, 7) is 1.39. The van der Waals surface area contributed by atoms with Crippen molar-refractivity contribution in [1.82, 2.24) is 0 Å². The summed E-state index contributed by atoms with van der Waals surface area (Å²) in [6, 6.07) is 12.7. The number of nitrogens with zero attached hydrogens (tertiary/aromatic N) is 1. The van der Waals surface area contributed by atoms with Crippen molar-refractivity contribution in [1.29, 1.82) is 0 Å². The normalized spacial score (nSPS) is 14.4. The van der Waals surface area contributed by atoms with Gasteiger partial charge in [-0.2, -0.15) is 0 Å². The fourth-order valence-corrected chi connectivity index (χ4v) is 2.90. The number of rotatable bonds is 2. The Morgan fingerprint density at radius 3 is 2.19 bits per heavy atom. The van der Waals surface area contributed by atoms with Crippen molar-refractivity contribution in [2.45, 2.75) is 12.8 Å². The molecule has 1 heterocycles. The van der Waals surface area contributed by atoms with Crippen LogP contribution in [0, 0.1) is 5.82 Å². The van der Waals surface area contributed by atoms with E-state index in [0.717, 1.165) is 12.8 Å². The van der Waals surface area contributed by atoms with Gasteiger partial charge in [0.1, 0.15) is 11.4 Å². The van der Waals surface area contributed by atoms with E-state index in [-0.39, 0.29) is 5.56 Å². The van der Waals surface area contributed by atoms with Crippen LogP contribution in [0.4, 0.5) is 10.1 Å². The molecule has 0 bridgehead atoms. The number of hydrogen-bond acceptors (Lipinski definition) is 2. The SMILES string of the molecule is O=C(O)c1c(F)cccc1N1CCc2ccccc2CC1. The third-order valence-corrected chi connectivity index (χ3v) is 3.97. The molecule has 0 saturated heterocycles. The van der Waals surface area contributed by atoms with Gasteiger partial charge in [-0.15, -0.1) is 0 Å². The number of hydrogen-bond donors (Lipinski definition) is 1. The maximum atomic E-state index is 13.8. The Morgan fingerprint density at radius 1 is 1.00 bits per heavy atom. The number of carboxylic acids is 1. The Labute approximate surface area is 122 Å². The van der Waals surface area contributed by atoms with Crippen LogP contribution in [0.1, 0.15) is 21.5 Å². The van der Waals surface area contributed by atoms with Crippen LogP contribution in [0.15, 0.2) is 42.5 Å². The largest absolute Gasteiger partial charge is 0.478 e. The van der Waals surface area contributed by atoms with E-state index in [1.165, 1.54) is 17.2 Å². The fourth-order valence-electron chi connectivity index (χ4n) is 2.90. The van der Waals surface area contributed by atoms with Crippen molar-refractivity contribution in [2.75, 3.05) is 18.0 Å². The van der Waals surface area contributed by atoms with Crippen molar-refractivity contribution in [3.8, 4) is 0 Å². The van der Waals surface area contributed by atoms with E-state index >= 15 is 0 Å². The quantitative estimate of drug-likeness (QED) is 0.921. The molecule has 0 aromatic heterocycles. The first-order valence-corrected chi connectivity index (χ1v) is 7.00. The summed E-state index contributed by atoms with van der Waals surface area (Å²) in [5.74, 6) is -1.90. The van der Waals surface area contributed by atoms with Crippen LogP contribution >= 0.6 is 0 Å². The number of carbonyl (C=O) groups is 1. The first kappa shape index (κ1) is 13.6. The molecule has 0 unspecified atom stereocenters. The van der Waals surface area contributed by atoms with Crippen molar-refractivity contribution < 1.29 is 14.3 Å². The Hall–Kier alpha value is -2.36. The fraction of sp³-hybridized carbons (Fsp3) is 0.235. The molecule has 4 heteroatoms. The molecule has 0 spiro atoms. The molecule has 0 amide bonds. The minimum absolute atomic E-state index is 0.233. The van der Waals surface area contributed by atoms with Crippen LogP contribution in [-0.4, -0.2) is 24.2 Å². The van der Waals surface area contributed by atoms with Crippen LogP contribution in [0.5, 0.6) is 0 Å². The molecule has 108 valence electrons. The van der Waals surface area contributed by atoms with E-state index in [0.29, 0.717) is 18.8 Å². The maximum Gasteiger partial charge on any atom is 0.340 e. The van der Waals surface area contributed by atoms with Crippen molar-refractivity contribution in [3.63, 3.8) is 0 Å². The summed E-state index contributed by atoms with van der Waals surface area (Å²) in [5.41, 5.74) is 2.81. The minimum atomic E-state index is -1.22. The Morgan fingerprint density at radius 2 is 1.62 bits per heavy atom. The molecule has 0 aliphatic carbocycles. The predicted molar refractivity (Wildman–Crippen MR) is 79.4 cm³/mol. The molecular formula is C17H16FNO2. The predicted octanol–water partition coefficient (Wildman–Crippen LogP) is 3.13. The molecular weight excluding hydrogens is 269 g/mol. The van der Waals surface area contributed by atoms with Crippen molar-refractivity contribution >= 4 is 11.7 Å². The molecule has 0 radical (unpaired) electrons. The highest BCUT2D eigenvalue weighted by atomic mass is 19.1. The van der Waals surface area contributed by atoms with E-state index in [1.807, 2.05) is 17.0 Å². The maximum absolute atomic E-state index is 13.8. The van der Waals surface area contributed by atoms with Crippen LogP contribution in [0.25, 0.3) is 0 Å². The highest BCUT2D eigenvalue weighted by Gasteiger charge is 2.22. The van der Waals surface area contributed by atoms with E-state index in [1.54, 1.807) is 12.1 Å². The number of aromatic carboxylic acids is 1. The lowest BCUT2D eigenvalue weighted by atomic mass is 10.0. The summed E-state index contributed by atoms with van der Waals surface area (Å²) >= 11 is 0. The molecule has 1 aliphatic rings. The molecule has 21 heavy (non-hydrogen) atoms. The Balaban J connectivity index is 1.93. The average Bonchev–Trinajstić information content (AvgIpc) is 2.69. The van der Waals surface area contributed by atoms with E-state index in [2.05, 4.69) is 12.1 Å². The molecule has 3 nitrogen and oxygen atoms in total. The minimum Gasteiger partial charge on any atom is -0.478 e. The highest BCUT2D eigenvalue weighted by Crippen LogP contribution is 2.26. The first-order chi connectivity index (χ1) is 10.2. The smallest absolute Gasteiger partial charge is 0.340 e. The number of benzene rings is 2. The van der Waals surface area contributed by atoms with Gasteiger partial charge in [0.2, 0.25) is 0 Å². The summed E-state index contributed by atoms with van der Waals surface area (Å²) in [7, 11) is 0. The third kappa shape index (κ3) is 2.61. The number of carboxylic acid groups (broad SMARTS) is 1. The zero-order valence-corrected chi connectivity index (χ0v) is 11.6. The lowest BCUT2D eigenvalue weighted by Gasteiger charge is -2.24. The molecule has 3 rings (SSSR count). The van der Waals surface area contributed by atoms with Gasteiger partial charge in [-0.3, -0.25) is 0 Å². The van der Waals surface area contributed by atoms with Gasteiger partial charge < -0.3 is 10.0 Å². The summed E-state index contributed by atoms with van der Waals surface area (Å²) in [4.78, 5) is 13.3. The lowest BCUT2D eigenvalue weighted by molar-refractivity contribution is 0.0692. The topological polar surface area (TPSA) is 40.5 Å². The third-order valence-electron chi connectivity index (χ3n) is 3.97. The summed E-state index contributed by atoms with van der Waals surface area (Å²) in [5, 5.41) is 9.25. The zero-order chi connectivity index (χ0) is 14.8. The van der Waals surface area contributed by atoms with Gasteiger partial charge in [0.05, 0.1) is 5.69 Å². The number of halogens is 1. The first-order valence-electron chi connectivity index (χ1n) is 7.00. The highest BCUT2D eigenvalue weighted by molar-refractivity contribution is 5.94. The molecule has 2 aromatic rings. The van der Waals surface area contributed by atoms with Gasteiger partial charge in [-0.05, 0) is 36.1 Å². The van der Waals surface area contributed by atoms with E-state index in [4.69, 9.17) is 0 Å². The molecule has 1 N–H and O–H groups in total. The second-order valence-electron chi connectivity index (χ2n) is 5.19. The molecule has 0 atom stereocenters. The number of fused-ring (bicyclic) bond motifs is 1. The van der Waals surface area contributed by atoms with Gasteiger partial charge in [0.15, 0.2) is 0 Å². The summed E-state index contributed by atoms with van der Waals surface area (Å²) in [6.07, 6.45) is 1.68. The zero-order valence-electron chi connectivity index (χ0n) is 11.6. The van der Waals surface area contributed by atoms with Gasteiger partial charge in [-0.25, -0.2) is 9.18 Å². The second-order valence-corrected chi connectivity index (χ2v) is 5.19. The number of anilines is 1. The van der Waals surface area contributed by atoms with Gasteiger partial charge in [0, 0.05) is 13.1 Å². The van der Waals surface area contributed by atoms with E-state index in [9.17, 15) is 14.3 Å². The Bertz CT molecular complexity index is 657. The average molecular weight is 285 g/mol.